The highest BCUT2D eigenvalue weighted by molar-refractivity contribution is 6.78. The third kappa shape index (κ3) is 2.81. The number of halogens is 1. The van der Waals surface area contributed by atoms with Gasteiger partial charge in [0, 0.05) is 0 Å². The number of carbonyl (C=O) groups is 1. The van der Waals surface area contributed by atoms with Crippen LogP contribution in [0.4, 0.5) is 0 Å². The van der Waals surface area contributed by atoms with Crippen LogP contribution in [0.25, 0.3) is 0 Å². The van der Waals surface area contributed by atoms with Gasteiger partial charge in [0.1, 0.15) is 6.04 Å². The predicted octanol–water partition coefficient (Wildman–Crippen LogP) is 0.712. The van der Waals surface area contributed by atoms with Crippen molar-refractivity contribution in [2.75, 3.05) is 6.17 Å². The lowest BCUT2D eigenvalue weighted by Gasteiger charge is -2.10. The molecular weight excluding hydrogens is 182 g/mol. The molecule has 0 radical (unpaired) electrons. The highest BCUT2D eigenvalue weighted by Crippen LogP contribution is 2.17. The van der Waals surface area contributed by atoms with Gasteiger partial charge < -0.3 is 10.4 Å². The Bertz CT molecular complexity index is 163. The summed E-state index contributed by atoms with van der Waals surface area (Å²) in [5.41, 5.74) is 0. The van der Waals surface area contributed by atoms with Gasteiger partial charge >= 0.3 is 5.97 Å². The van der Waals surface area contributed by atoms with E-state index in [9.17, 15) is 4.79 Å². The van der Waals surface area contributed by atoms with E-state index in [1.54, 1.807) is 0 Å². The van der Waals surface area contributed by atoms with Crippen LogP contribution in [-0.4, -0.2) is 31.4 Å². The van der Waals surface area contributed by atoms with Crippen LogP contribution in [0.3, 0.4) is 0 Å². The van der Waals surface area contributed by atoms with E-state index in [-0.39, 0.29) is 18.4 Å². The monoisotopic (exact) mass is 195 g/mol. The SMILES string of the molecule is C[Si]1(C)CN[C@H](C(=O)O)C1.Cl. The van der Waals surface area contributed by atoms with Crippen molar-refractivity contribution in [3.8, 4) is 0 Å². The third-order valence-electron chi connectivity index (χ3n) is 1.88. The number of aliphatic carboxylic acids is 1. The average Bonchev–Trinajstić information content (AvgIpc) is 2.10. The van der Waals surface area contributed by atoms with Gasteiger partial charge in [-0.05, 0) is 12.2 Å². The highest BCUT2D eigenvalue weighted by Gasteiger charge is 2.35. The standard InChI is InChI=1S/C6H13NO2Si.ClH/c1-10(2)3-5(6(8)9)7-4-10;/h5,7H,3-4H2,1-2H3,(H,8,9);1H/t5-;/m0./s1. The number of carboxylic acid groups (broad SMARTS) is 1. The van der Waals surface area contributed by atoms with Crippen molar-refractivity contribution in [1.29, 1.82) is 0 Å². The van der Waals surface area contributed by atoms with Gasteiger partial charge in [0.25, 0.3) is 0 Å². The molecule has 0 amide bonds. The molecule has 1 saturated heterocycles. The number of hydrogen-bond donors (Lipinski definition) is 2. The van der Waals surface area contributed by atoms with Gasteiger partial charge in [-0.3, -0.25) is 4.79 Å². The van der Waals surface area contributed by atoms with Crippen molar-refractivity contribution in [2.45, 2.75) is 25.2 Å². The zero-order valence-corrected chi connectivity index (χ0v) is 8.57. The van der Waals surface area contributed by atoms with Gasteiger partial charge in [-0.15, -0.1) is 12.4 Å². The molecule has 0 bridgehead atoms. The Balaban J connectivity index is 0.000001000. The summed E-state index contributed by atoms with van der Waals surface area (Å²) in [5, 5.41) is 11.6. The second-order valence-electron chi connectivity index (χ2n) is 3.64. The molecule has 1 rings (SSSR count). The summed E-state index contributed by atoms with van der Waals surface area (Å²) < 4.78 is 0. The smallest absolute Gasteiger partial charge is 0.320 e. The normalized spacial score (nSPS) is 27.6. The fourth-order valence-electron chi connectivity index (χ4n) is 1.27. The molecule has 0 saturated carbocycles. The summed E-state index contributed by atoms with van der Waals surface area (Å²) in [5.74, 6) is -0.696. The minimum atomic E-state index is -1.16. The van der Waals surface area contributed by atoms with Crippen molar-refractivity contribution in [3.05, 3.63) is 0 Å². The lowest BCUT2D eigenvalue weighted by molar-refractivity contribution is -0.138. The summed E-state index contributed by atoms with van der Waals surface area (Å²) >= 11 is 0. The number of hydrogen-bond acceptors (Lipinski definition) is 2. The molecule has 1 heterocycles. The molecule has 1 fully saturated rings. The summed E-state index contributed by atoms with van der Waals surface area (Å²) in [6.45, 7) is 4.42. The summed E-state index contributed by atoms with van der Waals surface area (Å²) in [6.07, 6.45) is 0.948. The molecule has 0 aromatic carbocycles. The lowest BCUT2D eigenvalue weighted by atomic mass is 10.4. The molecule has 5 heteroatoms. The Hall–Kier alpha value is -0.0631. The molecule has 0 unspecified atom stereocenters. The number of nitrogens with one attached hydrogen (secondary N) is 1. The Kier molecular flexibility index (Phi) is 3.54. The van der Waals surface area contributed by atoms with Crippen LogP contribution in [0.5, 0.6) is 0 Å². The van der Waals surface area contributed by atoms with Gasteiger partial charge in [0.05, 0.1) is 8.07 Å². The van der Waals surface area contributed by atoms with Gasteiger partial charge in [-0.1, -0.05) is 13.1 Å². The Morgan fingerprint density at radius 1 is 1.64 bits per heavy atom. The molecule has 1 aliphatic heterocycles. The lowest BCUT2D eigenvalue weighted by Crippen LogP contribution is -2.30. The van der Waals surface area contributed by atoms with E-state index >= 15 is 0 Å². The van der Waals surface area contributed by atoms with E-state index in [1.807, 2.05) is 0 Å². The Labute approximate surface area is 73.6 Å². The maximum absolute atomic E-state index is 10.4. The largest absolute Gasteiger partial charge is 0.480 e. The molecule has 0 spiro atoms. The Morgan fingerprint density at radius 3 is 2.36 bits per heavy atom. The summed E-state index contributed by atoms with van der Waals surface area (Å²) in [7, 11) is -1.16. The molecule has 0 aliphatic carbocycles. The van der Waals surface area contributed by atoms with Gasteiger partial charge in [0.2, 0.25) is 0 Å². The van der Waals surface area contributed by atoms with Gasteiger partial charge in [-0.2, -0.15) is 0 Å². The van der Waals surface area contributed by atoms with E-state index in [1.165, 1.54) is 0 Å². The van der Waals surface area contributed by atoms with Crippen LogP contribution in [0.15, 0.2) is 0 Å². The zero-order chi connectivity index (χ0) is 7.78. The van der Waals surface area contributed by atoms with Crippen LogP contribution >= 0.6 is 12.4 Å². The van der Waals surface area contributed by atoms with E-state index in [2.05, 4.69) is 18.4 Å². The number of carboxylic acids is 1. The van der Waals surface area contributed by atoms with E-state index < -0.39 is 14.0 Å². The number of rotatable bonds is 1. The third-order valence-corrected chi connectivity index (χ3v) is 4.56. The van der Waals surface area contributed by atoms with Crippen molar-refractivity contribution < 1.29 is 9.90 Å². The molecule has 1 aliphatic rings. The first kappa shape index (κ1) is 10.9. The van der Waals surface area contributed by atoms with Crippen LogP contribution in [-0.2, 0) is 4.79 Å². The molecule has 1 atom stereocenters. The quantitative estimate of drug-likeness (QED) is 0.607. The molecule has 0 aromatic rings. The van der Waals surface area contributed by atoms with Crippen LogP contribution in [0.2, 0.25) is 19.1 Å². The maximum atomic E-state index is 10.4. The van der Waals surface area contributed by atoms with Crippen LogP contribution in [0, 0.1) is 0 Å². The maximum Gasteiger partial charge on any atom is 0.320 e. The molecule has 11 heavy (non-hydrogen) atoms. The minimum Gasteiger partial charge on any atom is -0.480 e. The fraction of sp³-hybridized carbons (Fsp3) is 0.833. The average molecular weight is 196 g/mol. The fourth-order valence-corrected chi connectivity index (χ4v) is 3.64. The first-order valence-electron chi connectivity index (χ1n) is 3.47. The first-order valence-corrected chi connectivity index (χ1v) is 6.89. The van der Waals surface area contributed by atoms with Gasteiger partial charge in [-0.25, -0.2) is 0 Å². The molecule has 0 aromatic heterocycles. The van der Waals surface area contributed by atoms with Crippen LogP contribution in [0.1, 0.15) is 0 Å². The Morgan fingerprint density at radius 2 is 2.18 bits per heavy atom. The van der Waals surface area contributed by atoms with Gasteiger partial charge in [0.15, 0.2) is 0 Å². The van der Waals surface area contributed by atoms with Crippen molar-refractivity contribution >= 4 is 26.5 Å². The van der Waals surface area contributed by atoms with Crippen LogP contribution < -0.4 is 5.32 Å². The van der Waals surface area contributed by atoms with E-state index in [0.29, 0.717) is 0 Å². The van der Waals surface area contributed by atoms with E-state index in [4.69, 9.17) is 5.11 Å². The highest BCUT2D eigenvalue weighted by atomic mass is 35.5. The molecule has 2 N–H and O–H groups in total. The predicted molar refractivity (Wildman–Crippen MR) is 49.0 cm³/mol. The van der Waals surface area contributed by atoms with Crippen molar-refractivity contribution in [3.63, 3.8) is 0 Å². The summed E-state index contributed by atoms with van der Waals surface area (Å²) in [6, 6.07) is 0.615. The molecule has 66 valence electrons. The zero-order valence-electron chi connectivity index (χ0n) is 6.76. The molecule has 3 nitrogen and oxygen atoms in total. The molecular formula is C6H14ClNO2Si. The topological polar surface area (TPSA) is 49.3 Å². The van der Waals surface area contributed by atoms with Crippen molar-refractivity contribution in [1.82, 2.24) is 5.32 Å². The first-order chi connectivity index (χ1) is 4.51. The summed E-state index contributed by atoms with van der Waals surface area (Å²) in [4.78, 5) is 10.4. The second-order valence-corrected chi connectivity index (χ2v) is 8.73. The van der Waals surface area contributed by atoms with Crippen molar-refractivity contribution in [2.24, 2.45) is 0 Å². The van der Waals surface area contributed by atoms with E-state index in [0.717, 1.165) is 12.2 Å². The second kappa shape index (κ2) is 3.56. The minimum absolute atomic E-state index is 0.